The number of likely N-dealkylation sites (tertiary alicyclic amines) is 1. The molecule has 2 saturated heterocycles. The minimum Gasteiger partial charge on any atom is -0.493 e. The van der Waals surface area contributed by atoms with Gasteiger partial charge in [0.25, 0.3) is 0 Å². The number of nitrogens with zero attached hydrogens (tertiary/aromatic N) is 4. The number of ether oxygens (including phenoxy) is 2. The Morgan fingerprint density at radius 2 is 1.77 bits per heavy atom. The summed E-state index contributed by atoms with van der Waals surface area (Å²) in [6.07, 6.45) is 1.73. The van der Waals surface area contributed by atoms with E-state index >= 15 is 0 Å². The molecule has 2 aliphatic rings. The van der Waals surface area contributed by atoms with Gasteiger partial charge in [0.2, 0.25) is 23.5 Å². The highest BCUT2D eigenvalue weighted by molar-refractivity contribution is 6.00. The summed E-state index contributed by atoms with van der Waals surface area (Å²) >= 11 is 0. The van der Waals surface area contributed by atoms with Crippen LogP contribution in [0.3, 0.4) is 0 Å². The Kier molecular flexibility index (Phi) is 6.39. The maximum atomic E-state index is 13.1. The van der Waals surface area contributed by atoms with Crippen molar-refractivity contribution < 1.29 is 23.6 Å². The van der Waals surface area contributed by atoms with Gasteiger partial charge in [-0.3, -0.25) is 9.59 Å². The number of methoxy groups -OCH3 is 2. The van der Waals surface area contributed by atoms with Crippen LogP contribution < -0.4 is 14.4 Å². The third-order valence-corrected chi connectivity index (χ3v) is 6.78. The fourth-order valence-electron chi connectivity index (χ4n) is 4.83. The van der Waals surface area contributed by atoms with E-state index in [-0.39, 0.29) is 30.1 Å². The van der Waals surface area contributed by atoms with E-state index < -0.39 is 0 Å². The first kappa shape index (κ1) is 22.9. The van der Waals surface area contributed by atoms with Gasteiger partial charge >= 0.3 is 0 Å². The summed E-state index contributed by atoms with van der Waals surface area (Å²) in [6, 6.07) is 15.0. The van der Waals surface area contributed by atoms with Crippen LogP contribution in [-0.2, 0) is 9.59 Å². The summed E-state index contributed by atoms with van der Waals surface area (Å²) in [6.45, 7) is 1.64. The van der Waals surface area contributed by atoms with Gasteiger partial charge in [-0.2, -0.15) is 4.98 Å². The molecule has 2 aliphatic heterocycles. The third kappa shape index (κ3) is 4.58. The highest BCUT2D eigenvalue weighted by atomic mass is 16.5. The molecule has 2 aromatic carbocycles. The van der Waals surface area contributed by atoms with Crippen molar-refractivity contribution >= 4 is 17.5 Å². The van der Waals surface area contributed by atoms with Gasteiger partial charge in [0, 0.05) is 43.2 Å². The van der Waals surface area contributed by atoms with Crippen molar-refractivity contribution in [3.63, 3.8) is 0 Å². The summed E-state index contributed by atoms with van der Waals surface area (Å²) in [7, 11) is 3.17. The summed E-state index contributed by atoms with van der Waals surface area (Å²) in [5.74, 6) is 2.13. The molecule has 0 radical (unpaired) electrons. The van der Waals surface area contributed by atoms with Gasteiger partial charge in [-0.25, -0.2) is 0 Å². The Hall–Kier alpha value is -3.88. The molecule has 0 bridgehead atoms. The number of hydrogen-bond acceptors (Lipinski definition) is 7. The molecular formula is C26H28N4O5. The fraction of sp³-hybridized carbons (Fsp3) is 0.385. The molecule has 0 saturated carbocycles. The summed E-state index contributed by atoms with van der Waals surface area (Å²) in [5.41, 5.74) is 1.62. The summed E-state index contributed by atoms with van der Waals surface area (Å²) < 4.78 is 16.2. The number of carbonyl (C=O) groups is 2. The van der Waals surface area contributed by atoms with Gasteiger partial charge in [0.05, 0.1) is 20.1 Å². The van der Waals surface area contributed by atoms with E-state index in [1.807, 2.05) is 47.4 Å². The Bertz CT molecular complexity index is 1200. The molecule has 3 heterocycles. The van der Waals surface area contributed by atoms with Crippen LogP contribution in [0.1, 0.15) is 31.1 Å². The zero-order valence-corrected chi connectivity index (χ0v) is 19.8. The zero-order chi connectivity index (χ0) is 24.4. The van der Waals surface area contributed by atoms with Crippen molar-refractivity contribution in [1.82, 2.24) is 15.0 Å². The predicted molar refractivity (Wildman–Crippen MR) is 128 cm³/mol. The fourth-order valence-corrected chi connectivity index (χ4v) is 4.83. The van der Waals surface area contributed by atoms with Crippen LogP contribution in [0.2, 0.25) is 0 Å². The van der Waals surface area contributed by atoms with E-state index in [0.717, 1.165) is 24.1 Å². The Labute approximate surface area is 203 Å². The highest BCUT2D eigenvalue weighted by Crippen LogP contribution is 2.34. The Morgan fingerprint density at radius 1 is 1.03 bits per heavy atom. The molecule has 0 N–H and O–H groups in total. The number of aromatic nitrogens is 2. The number of rotatable bonds is 6. The van der Waals surface area contributed by atoms with Crippen molar-refractivity contribution in [2.75, 3.05) is 38.8 Å². The molecule has 1 aromatic heterocycles. The second-order valence-corrected chi connectivity index (χ2v) is 8.87. The van der Waals surface area contributed by atoms with Gasteiger partial charge in [0.15, 0.2) is 11.5 Å². The lowest BCUT2D eigenvalue weighted by Crippen LogP contribution is -2.42. The molecule has 35 heavy (non-hydrogen) atoms. The van der Waals surface area contributed by atoms with Crippen molar-refractivity contribution in [2.45, 2.75) is 25.2 Å². The normalized spacial score (nSPS) is 18.7. The first-order chi connectivity index (χ1) is 17.1. The van der Waals surface area contributed by atoms with Gasteiger partial charge in [0.1, 0.15) is 0 Å². The molecule has 3 aromatic rings. The monoisotopic (exact) mass is 476 g/mol. The van der Waals surface area contributed by atoms with Crippen LogP contribution in [0.5, 0.6) is 11.5 Å². The van der Waals surface area contributed by atoms with E-state index in [9.17, 15) is 9.59 Å². The average Bonchev–Trinajstić information content (AvgIpc) is 3.56. The lowest BCUT2D eigenvalue weighted by molar-refractivity contribution is -0.136. The first-order valence-electron chi connectivity index (χ1n) is 11.8. The van der Waals surface area contributed by atoms with E-state index in [0.29, 0.717) is 42.8 Å². The standard InChI is InChI=1S/C26H28N4O5/c1-33-21-9-8-18(14-22(21)34-2)24-27-25(35-28-24)17-10-12-29(13-11-17)26(32)19-15-23(31)30(16-19)20-6-4-3-5-7-20/h3-9,14,17,19H,10-13,15-16H2,1-2H3/t19-/m0/s1. The van der Waals surface area contributed by atoms with Crippen molar-refractivity contribution in [2.24, 2.45) is 5.92 Å². The van der Waals surface area contributed by atoms with Crippen molar-refractivity contribution in [3.8, 4) is 22.9 Å². The molecule has 0 spiro atoms. The molecule has 0 aliphatic carbocycles. The predicted octanol–water partition coefficient (Wildman–Crippen LogP) is 3.51. The summed E-state index contributed by atoms with van der Waals surface area (Å²) in [5, 5.41) is 4.15. The number of benzene rings is 2. The molecule has 9 heteroatoms. The van der Waals surface area contributed by atoms with Crippen LogP contribution in [-0.4, -0.2) is 60.7 Å². The number of amides is 2. The molecule has 2 fully saturated rings. The van der Waals surface area contributed by atoms with Crippen molar-refractivity contribution in [1.29, 1.82) is 0 Å². The SMILES string of the molecule is COc1ccc(-c2noc(C3CCN(C(=O)[C@H]4CC(=O)N(c5ccccc5)C4)CC3)n2)cc1OC. The third-order valence-electron chi connectivity index (χ3n) is 6.78. The number of hydrogen-bond donors (Lipinski definition) is 0. The summed E-state index contributed by atoms with van der Waals surface area (Å²) in [4.78, 5) is 33.8. The molecule has 0 unspecified atom stereocenters. The molecule has 5 rings (SSSR count). The van der Waals surface area contributed by atoms with Gasteiger partial charge in [-0.05, 0) is 43.2 Å². The number of anilines is 1. The van der Waals surface area contributed by atoms with Crippen LogP contribution in [0.4, 0.5) is 5.69 Å². The van der Waals surface area contributed by atoms with E-state index in [2.05, 4.69) is 10.1 Å². The lowest BCUT2D eigenvalue weighted by atomic mass is 9.95. The van der Waals surface area contributed by atoms with E-state index in [1.54, 1.807) is 25.2 Å². The highest BCUT2D eigenvalue weighted by Gasteiger charge is 2.38. The van der Waals surface area contributed by atoms with Crippen molar-refractivity contribution in [3.05, 3.63) is 54.4 Å². The smallest absolute Gasteiger partial charge is 0.230 e. The zero-order valence-electron chi connectivity index (χ0n) is 19.8. The molecule has 2 amide bonds. The largest absolute Gasteiger partial charge is 0.493 e. The minimum atomic E-state index is -0.306. The minimum absolute atomic E-state index is 0.00186. The molecule has 9 nitrogen and oxygen atoms in total. The van der Waals surface area contributed by atoms with Crippen LogP contribution in [0.25, 0.3) is 11.4 Å². The van der Waals surface area contributed by atoms with Gasteiger partial charge in [-0.1, -0.05) is 23.4 Å². The molecule has 182 valence electrons. The maximum absolute atomic E-state index is 13.1. The first-order valence-corrected chi connectivity index (χ1v) is 11.8. The Morgan fingerprint density at radius 3 is 2.49 bits per heavy atom. The average molecular weight is 477 g/mol. The second-order valence-electron chi connectivity index (χ2n) is 8.87. The van der Waals surface area contributed by atoms with Crippen LogP contribution in [0, 0.1) is 5.92 Å². The van der Waals surface area contributed by atoms with E-state index in [4.69, 9.17) is 14.0 Å². The number of para-hydroxylation sites is 1. The van der Waals surface area contributed by atoms with Gasteiger partial charge in [-0.15, -0.1) is 0 Å². The number of piperidine rings is 1. The van der Waals surface area contributed by atoms with Crippen LogP contribution in [0.15, 0.2) is 53.1 Å². The quantitative estimate of drug-likeness (QED) is 0.537. The maximum Gasteiger partial charge on any atom is 0.230 e. The second kappa shape index (κ2) is 9.77. The number of carbonyl (C=O) groups excluding carboxylic acids is 2. The molecule has 1 atom stereocenters. The van der Waals surface area contributed by atoms with Crippen LogP contribution >= 0.6 is 0 Å². The van der Waals surface area contributed by atoms with Gasteiger partial charge < -0.3 is 23.8 Å². The topological polar surface area (TPSA) is 98.0 Å². The van der Waals surface area contributed by atoms with E-state index in [1.165, 1.54) is 0 Å². The molecular weight excluding hydrogens is 448 g/mol. The Balaban J connectivity index is 1.19. The lowest BCUT2D eigenvalue weighted by Gasteiger charge is -2.32.